The number of benzene rings is 2. The van der Waals surface area contributed by atoms with Crippen LogP contribution in [0.4, 0.5) is 11.4 Å². The van der Waals surface area contributed by atoms with Crippen LogP contribution in [-0.2, 0) is 4.79 Å². The molecule has 1 saturated carbocycles. The van der Waals surface area contributed by atoms with Crippen LogP contribution in [0.25, 0.3) is 0 Å². The highest BCUT2D eigenvalue weighted by molar-refractivity contribution is 6.35. The summed E-state index contributed by atoms with van der Waals surface area (Å²) in [5.74, 6) is 0.224. The standard InChI is InChI=1S/C25H31Cl3N4O/c1-16(20-7-5-18(26)14-22(20)28)30-23-15-19(6-8-21(23)27)31-9-11-32(12-10-31)24-4-2-3-17(24)13-25(29)33/h5-8,14-17,24,30H,2-4,9-13H2,1H3,(H2,29,33). The number of carbonyl (C=O) groups excluding carboxylic acids is 1. The smallest absolute Gasteiger partial charge is 0.217 e. The van der Waals surface area contributed by atoms with E-state index >= 15 is 0 Å². The number of anilines is 2. The van der Waals surface area contributed by atoms with Crippen molar-refractivity contribution in [2.24, 2.45) is 11.7 Å². The minimum atomic E-state index is -0.180. The Labute approximate surface area is 211 Å². The number of nitrogens with zero attached hydrogens (tertiary/aromatic N) is 2. The topological polar surface area (TPSA) is 61.6 Å². The molecule has 8 heteroatoms. The predicted molar refractivity (Wildman–Crippen MR) is 139 cm³/mol. The molecule has 1 aliphatic carbocycles. The summed E-state index contributed by atoms with van der Waals surface area (Å²) in [5, 5.41) is 5.43. The van der Waals surface area contributed by atoms with Crippen LogP contribution in [0.15, 0.2) is 36.4 Å². The fraction of sp³-hybridized carbons (Fsp3) is 0.480. The lowest BCUT2D eigenvalue weighted by Crippen LogP contribution is -2.51. The lowest BCUT2D eigenvalue weighted by molar-refractivity contribution is -0.119. The van der Waals surface area contributed by atoms with Crippen LogP contribution in [0.3, 0.4) is 0 Å². The first-order chi connectivity index (χ1) is 15.8. The summed E-state index contributed by atoms with van der Waals surface area (Å²) in [6, 6.07) is 12.1. The molecule has 1 heterocycles. The van der Waals surface area contributed by atoms with Crippen molar-refractivity contribution >= 4 is 52.1 Å². The third kappa shape index (κ3) is 5.89. The first-order valence-corrected chi connectivity index (χ1v) is 12.7. The van der Waals surface area contributed by atoms with E-state index < -0.39 is 0 Å². The molecule has 1 amide bonds. The van der Waals surface area contributed by atoms with Crippen molar-refractivity contribution in [1.82, 2.24) is 4.90 Å². The zero-order chi connectivity index (χ0) is 23.5. The molecule has 0 aromatic heterocycles. The molecule has 33 heavy (non-hydrogen) atoms. The van der Waals surface area contributed by atoms with Gasteiger partial charge in [-0.2, -0.15) is 0 Å². The average molecular weight is 510 g/mol. The average Bonchev–Trinajstić information content (AvgIpc) is 3.22. The van der Waals surface area contributed by atoms with Crippen molar-refractivity contribution in [3.05, 3.63) is 57.0 Å². The molecule has 1 aliphatic heterocycles. The molecule has 2 aromatic rings. The second-order valence-corrected chi connectivity index (χ2v) is 10.4. The first-order valence-electron chi connectivity index (χ1n) is 11.6. The van der Waals surface area contributed by atoms with E-state index in [2.05, 4.69) is 34.2 Å². The SMILES string of the molecule is CC(Nc1cc(N2CCN(C3CCCC3CC(N)=O)CC2)ccc1Cl)c1ccc(Cl)cc1Cl. The van der Waals surface area contributed by atoms with Crippen LogP contribution in [0, 0.1) is 5.92 Å². The molecule has 2 aliphatic rings. The molecule has 5 nitrogen and oxygen atoms in total. The number of hydrogen-bond acceptors (Lipinski definition) is 4. The van der Waals surface area contributed by atoms with E-state index in [1.54, 1.807) is 6.07 Å². The van der Waals surface area contributed by atoms with E-state index in [1.807, 2.05) is 18.2 Å². The number of carbonyl (C=O) groups is 1. The van der Waals surface area contributed by atoms with Gasteiger partial charge >= 0.3 is 0 Å². The third-order valence-electron chi connectivity index (χ3n) is 6.98. The molecule has 0 radical (unpaired) electrons. The fourth-order valence-corrected chi connectivity index (χ4v) is 6.03. The molecule has 3 atom stereocenters. The molecule has 4 rings (SSSR count). The van der Waals surface area contributed by atoms with Gasteiger partial charge in [-0.3, -0.25) is 9.69 Å². The zero-order valence-corrected chi connectivity index (χ0v) is 21.1. The van der Waals surface area contributed by atoms with Crippen molar-refractivity contribution in [2.45, 2.75) is 44.7 Å². The Morgan fingerprint density at radius 3 is 2.52 bits per heavy atom. The summed E-state index contributed by atoms with van der Waals surface area (Å²) in [4.78, 5) is 16.4. The monoisotopic (exact) mass is 508 g/mol. The number of primary amides is 1. The number of nitrogens with one attached hydrogen (secondary N) is 1. The number of nitrogens with two attached hydrogens (primary N) is 1. The number of halogens is 3. The molecule has 1 saturated heterocycles. The lowest BCUT2D eigenvalue weighted by Gasteiger charge is -2.41. The lowest BCUT2D eigenvalue weighted by atomic mass is 9.97. The van der Waals surface area contributed by atoms with Gasteiger partial charge in [0.25, 0.3) is 0 Å². The summed E-state index contributed by atoms with van der Waals surface area (Å²) in [6.07, 6.45) is 3.96. The zero-order valence-electron chi connectivity index (χ0n) is 18.9. The maximum Gasteiger partial charge on any atom is 0.217 e. The van der Waals surface area contributed by atoms with Crippen molar-refractivity contribution in [3.8, 4) is 0 Å². The molecule has 0 bridgehead atoms. The van der Waals surface area contributed by atoms with E-state index in [0.717, 1.165) is 56.0 Å². The van der Waals surface area contributed by atoms with Crippen molar-refractivity contribution in [3.63, 3.8) is 0 Å². The molecule has 3 unspecified atom stereocenters. The Morgan fingerprint density at radius 2 is 1.82 bits per heavy atom. The molecular formula is C25H31Cl3N4O. The molecule has 178 valence electrons. The Balaban J connectivity index is 1.40. The Morgan fingerprint density at radius 1 is 1.06 bits per heavy atom. The minimum Gasteiger partial charge on any atom is -0.377 e. The number of rotatable bonds is 7. The van der Waals surface area contributed by atoms with Crippen LogP contribution in [0.1, 0.15) is 44.2 Å². The van der Waals surface area contributed by atoms with Crippen LogP contribution < -0.4 is 16.0 Å². The summed E-state index contributed by atoms with van der Waals surface area (Å²) in [5.41, 5.74) is 8.48. The maximum atomic E-state index is 11.4. The number of piperazine rings is 1. The highest BCUT2D eigenvalue weighted by atomic mass is 35.5. The van der Waals surface area contributed by atoms with Crippen LogP contribution in [-0.4, -0.2) is 43.0 Å². The molecule has 0 spiro atoms. The van der Waals surface area contributed by atoms with Crippen molar-refractivity contribution < 1.29 is 4.79 Å². The fourth-order valence-electron chi connectivity index (χ4n) is 5.29. The Hall–Kier alpha value is -1.66. The number of amides is 1. The van der Waals surface area contributed by atoms with Gasteiger partial charge in [0.05, 0.1) is 16.8 Å². The summed E-state index contributed by atoms with van der Waals surface area (Å²) in [7, 11) is 0. The van der Waals surface area contributed by atoms with E-state index in [1.165, 1.54) is 6.42 Å². The van der Waals surface area contributed by atoms with E-state index in [9.17, 15) is 4.79 Å². The van der Waals surface area contributed by atoms with Crippen LogP contribution in [0.5, 0.6) is 0 Å². The van der Waals surface area contributed by atoms with E-state index in [-0.39, 0.29) is 11.9 Å². The second-order valence-electron chi connectivity index (χ2n) is 9.15. The van der Waals surface area contributed by atoms with Gasteiger partial charge in [0.15, 0.2) is 0 Å². The van der Waals surface area contributed by atoms with Gasteiger partial charge < -0.3 is 16.0 Å². The summed E-state index contributed by atoms with van der Waals surface area (Å²) >= 11 is 19.0. The Bertz CT molecular complexity index is 994. The normalized spacial score (nSPS) is 22.4. The quantitative estimate of drug-likeness (QED) is 0.481. The second kappa shape index (κ2) is 10.7. The molecule has 2 aromatic carbocycles. The Kier molecular flexibility index (Phi) is 7.95. The first kappa shape index (κ1) is 24.5. The third-order valence-corrected chi connectivity index (χ3v) is 7.87. The van der Waals surface area contributed by atoms with Gasteiger partial charge in [-0.05, 0) is 61.6 Å². The molecule has 3 N–H and O–H groups in total. The largest absolute Gasteiger partial charge is 0.377 e. The summed E-state index contributed by atoms with van der Waals surface area (Å²) in [6.45, 7) is 5.92. The molecule has 2 fully saturated rings. The van der Waals surface area contributed by atoms with Crippen molar-refractivity contribution in [2.75, 3.05) is 36.4 Å². The van der Waals surface area contributed by atoms with E-state index in [0.29, 0.717) is 33.4 Å². The highest BCUT2D eigenvalue weighted by Gasteiger charge is 2.34. The van der Waals surface area contributed by atoms with Gasteiger partial charge in [-0.25, -0.2) is 0 Å². The van der Waals surface area contributed by atoms with Gasteiger partial charge in [-0.15, -0.1) is 0 Å². The van der Waals surface area contributed by atoms with Crippen LogP contribution in [0.2, 0.25) is 15.1 Å². The summed E-state index contributed by atoms with van der Waals surface area (Å²) < 4.78 is 0. The maximum absolute atomic E-state index is 11.4. The van der Waals surface area contributed by atoms with Crippen molar-refractivity contribution in [1.29, 1.82) is 0 Å². The highest BCUT2D eigenvalue weighted by Crippen LogP contribution is 2.35. The van der Waals surface area contributed by atoms with Gasteiger partial charge in [0, 0.05) is 54.4 Å². The number of hydrogen-bond donors (Lipinski definition) is 2. The molecular weight excluding hydrogens is 479 g/mol. The van der Waals surface area contributed by atoms with Gasteiger partial charge in [0.1, 0.15) is 0 Å². The minimum absolute atomic E-state index is 0.0241. The van der Waals surface area contributed by atoms with Gasteiger partial charge in [-0.1, -0.05) is 47.3 Å². The van der Waals surface area contributed by atoms with Crippen LogP contribution >= 0.6 is 34.8 Å². The van der Waals surface area contributed by atoms with Gasteiger partial charge in [0.2, 0.25) is 5.91 Å². The predicted octanol–water partition coefficient (Wildman–Crippen LogP) is 5.99. The van der Waals surface area contributed by atoms with E-state index in [4.69, 9.17) is 40.5 Å².